The lowest BCUT2D eigenvalue weighted by molar-refractivity contribution is 0.0775. The van der Waals surface area contributed by atoms with Crippen LogP contribution in [-0.2, 0) is 6.54 Å². The lowest BCUT2D eigenvalue weighted by Crippen LogP contribution is -2.27. The molecule has 2 aromatic heterocycles. The molecule has 2 aromatic rings. The minimum atomic E-state index is 0.0260. The van der Waals surface area contributed by atoms with E-state index in [2.05, 4.69) is 15.9 Å². The molecule has 0 radical (unpaired) electrons. The quantitative estimate of drug-likeness (QED) is 0.914. The summed E-state index contributed by atoms with van der Waals surface area (Å²) in [4.78, 5) is 15.5. The van der Waals surface area contributed by atoms with Crippen LogP contribution >= 0.6 is 27.3 Å². The molecule has 4 nitrogen and oxygen atoms in total. The third-order valence-corrected chi connectivity index (χ3v) is 5.07. The van der Waals surface area contributed by atoms with E-state index in [1.807, 2.05) is 29.3 Å². The van der Waals surface area contributed by atoms with Gasteiger partial charge in [0.1, 0.15) is 5.69 Å². The molecule has 20 heavy (non-hydrogen) atoms. The molecule has 1 amide bonds. The van der Waals surface area contributed by atoms with Crippen molar-refractivity contribution in [3.63, 3.8) is 0 Å². The molecule has 1 aliphatic carbocycles. The summed E-state index contributed by atoms with van der Waals surface area (Å²) in [6, 6.07) is 4.28. The molecule has 6 heteroatoms. The van der Waals surface area contributed by atoms with Crippen molar-refractivity contribution in [1.29, 1.82) is 0 Å². The smallest absolute Gasteiger partial charge is 0.270 e. The molecule has 0 atom stereocenters. The van der Waals surface area contributed by atoms with E-state index in [1.54, 1.807) is 22.3 Å². The molecular weight excluding hydrogens is 338 g/mol. The van der Waals surface area contributed by atoms with E-state index in [1.165, 1.54) is 0 Å². The Bertz CT molecular complexity index is 645. The van der Waals surface area contributed by atoms with Crippen molar-refractivity contribution in [2.24, 2.45) is 0 Å². The first-order valence-corrected chi connectivity index (χ1v) is 8.17. The Kier molecular flexibility index (Phi) is 3.60. The summed E-state index contributed by atoms with van der Waals surface area (Å²) >= 11 is 5.08. The number of thiophene rings is 1. The second-order valence-electron chi connectivity index (χ2n) is 5.19. The summed E-state index contributed by atoms with van der Waals surface area (Å²) in [6.07, 6.45) is 4.15. The monoisotopic (exact) mass is 353 g/mol. The van der Waals surface area contributed by atoms with Crippen LogP contribution in [0.5, 0.6) is 0 Å². The number of nitrogens with zero attached hydrogens (tertiary/aromatic N) is 2. The molecule has 3 rings (SSSR count). The zero-order valence-electron chi connectivity index (χ0n) is 11.2. The van der Waals surface area contributed by atoms with Crippen LogP contribution in [0.4, 0.5) is 5.69 Å². The van der Waals surface area contributed by atoms with E-state index in [9.17, 15) is 4.79 Å². The normalized spacial score (nSPS) is 14.5. The first-order chi connectivity index (χ1) is 9.54. The number of amides is 1. The van der Waals surface area contributed by atoms with Gasteiger partial charge >= 0.3 is 0 Å². The second kappa shape index (κ2) is 5.26. The van der Waals surface area contributed by atoms with Crippen molar-refractivity contribution in [2.75, 3.05) is 12.8 Å². The summed E-state index contributed by atoms with van der Waals surface area (Å²) in [5, 5.41) is 2.03. The van der Waals surface area contributed by atoms with Gasteiger partial charge in [0.2, 0.25) is 0 Å². The van der Waals surface area contributed by atoms with Gasteiger partial charge in [-0.15, -0.1) is 11.3 Å². The van der Waals surface area contributed by atoms with Gasteiger partial charge in [0.15, 0.2) is 0 Å². The minimum absolute atomic E-state index is 0.0260. The number of carbonyl (C=O) groups excluding carboxylic acids is 1. The molecule has 2 N–H and O–H groups in total. The van der Waals surface area contributed by atoms with E-state index in [0.717, 1.165) is 22.2 Å². The summed E-state index contributed by atoms with van der Waals surface area (Å²) < 4.78 is 3.09. The first kappa shape index (κ1) is 13.7. The van der Waals surface area contributed by atoms with Crippen molar-refractivity contribution in [3.05, 3.63) is 38.8 Å². The number of halogens is 1. The van der Waals surface area contributed by atoms with Gasteiger partial charge in [-0.3, -0.25) is 4.79 Å². The Morgan fingerprint density at radius 3 is 2.90 bits per heavy atom. The Hall–Kier alpha value is -1.27. The van der Waals surface area contributed by atoms with Crippen molar-refractivity contribution in [1.82, 2.24) is 9.47 Å². The summed E-state index contributed by atoms with van der Waals surface area (Å²) in [5.74, 6) is 0.0260. The number of anilines is 1. The Labute approximate surface area is 130 Å². The van der Waals surface area contributed by atoms with Crippen LogP contribution in [0.25, 0.3) is 0 Å². The predicted molar refractivity (Wildman–Crippen MR) is 84.9 cm³/mol. The van der Waals surface area contributed by atoms with Gasteiger partial charge in [0.05, 0.1) is 12.2 Å². The van der Waals surface area contributed by atoms with Crippen LogP contribution in [0.15, 0.2) is 28.2 Å². The van der Waals surface area contributed by atoms with Crippen LogP contribution in [0.3, 0.4) is 0 Å². The van der Waals surface area contributed by atoms with E-state index >= 15 is 0 Å². The molecule has 0 aliphatic heterocycles. The van der Waals surface area contributed by atoms with Gasteiger partial charge in [-0.25, -0.2) is 0 Å². The van der Waals surface area contributed by atoms with Crippen molar-refractivity contribution >= 4 is 38.9 Å². The molecule has 1 fully saturated rings. The molecule has 1 aliphatic rings. The topological polar surface area (TPSA) is 51.3 Å². The molecule has 0 aromatic carbocycles. The third-order valence-electron chi connectivity index (χ3n) is 3.39. The largest absolute Gasteiger partial charge is 0.397 e. The number of hydrogen-bond donors (Lipinski definition) is 1. The van der Waals surface area contributed by atoms with Crippen LogP contribution < -0.4 is 5.73 Å². The summed E-state index contributed by atoms with van der Waals surface area (Å²) in [5.41, 5.74) is 7.20. The standard InChI is InChI=1S/C14H16BrN3OS/c1-17(7-12-4-9(15)8-20-12)14(19)13-5-10(16)6-18(13)11-2-3-11/h4-6,8,11H,2-3,7,16H2,1H3. The van der Waals surface area contributed by atoms with Gasteiger partial charge in [-0.1, -0.05) is 0 Å². The lowest BCUT2D eigenvalue weighted by Gasteiger charge is -2.17. The molecule has 2 heterocycles. The fourth-order valence-corrected chi connectivity index (χ4v) is 3.77. The van der Waals surface area contributed by atoms with Crippen LogP contribution in [-0.4, -0.2) is 22.4 Å². The fourth-order valence-electron chi connectivity index (χ4n) is 2.26. The van der Waals surface area contributed by atoms with Gasteiger partial charge in [0, 0.05) is 34.0 Å². The predicted octanol–water partition coefficient (Wildman–Crippen LogP) is 3.50. The van der Waals surface area contributed by atoms with Crippen molar-refractivity contribution in [3.8, 4) is 0 Å². The van der Waals surface area contributed by atoms with Crippen LogP contribution in [0.1, 0.15) is 34.2 Å². The highest BCUT2D eigenvalue weighted by molar-refractivity contribution is 9.10. The number of nitrogen functional groups attached to an aromatic ring is 1. The highest BCUT2D eigenvalue weighted by Crippen LogP contribution is 2.37. The summed E-state index contributed by atoms with van der Waals surface area (Å²) in [6.45, 7) is 0.616. The Balaban J connectivity index is 1.77. The SMILES string of the molecule is CN(Cc1cc(Br)cs1)C(=O)c1cc(N)cn1C1CC1. The van der Waals surface area contributed by atoms with Gasteiger partial charge in [-0.05, 0) is 40.9 Å². The molecule has 106 valence electrons. The van der Waals surface area contributed by atoms with E-state index < -0.39 is 0 Å². The maximum absolute atomic E-state index is 12.6. The first-order valence-electron chi connectivity index (χ1n) is 6.50. The van der Waals surface area contributed by atoms with Crippen LogP contribution in [0.2, 0.25) is 0 Å². The summed E-state index contributed by atoms with van der Waals surface area (Å²) in [7, 11) is 1.83. The zero-order chi connectivity index (χ0) is 14.3. The fraction of sp³-hybridized carbons (Fsp3) is 0.357. The molecule has 0 spiro atoms. The lowest BCUT2D eigenvalue weighted by atomic mass is 10.3. The third kappa shape index (κ3) is 2.76. The number of hydrogen-bond acceptors (Lipinski definition) is 3. The average molecular weight is 354 g/mol. The van der Waals surface area contributed by atoms with Crippen molar-refractivity contribution < 1.29 is 4.79 Å². The number of rotatable bonds is 4. The molecule has 0 bridgehead atoms. The molecular formula is C14H16BrN3OS. The van der Waals surface area contributed by atoms with Crippen LogP contribution in [0, 0.1) is 0 Å². The number of nitrogens with two attached hydrogens (primary N) is 1. The van der Waals surface area contributed by atoms with Gasteiger partial charge in [0.25, 0.3) is 5.91 Å². The molecule has 0 unspecified atom stereocenters. The van der Waals surface area contributed by atoms with Gasteiger partial charge in [-0.2, -0.15) is 0 Å². The maximum atomic E-state index is 12.6. The van der Waals surface area contributed by atoms with E-state index in [0.29, 0.717) is 24.0 Å². The Morgan fingerprint density at radius 1 is 1.55 bits per heavy atom. The average Bonchev–Trinajstić information content (AvgIpc) is 3.07. The molecule has 0 saturated heterocycles. The van der Waals surface area contributed by atoms with E-state index in [-0.39, 0.29) is 5.91 Å². The number of carbonyl (C=O) groups is 1. The maximum Gasteiger partial charge on any atom is 0.270 e. The zero-order valence-corrected chi connectivity index (χ0v) is 13.6. The Morgan fingerprint density at radius 2 is 2.30 bits per heavy atom. The van der Waals surface area contributed by atoms with Crippen molar-refractivity contribution in [2.45, 2.75) is 25.4 Å². The highest BCUT2D eigenvalue weighted by atomic mass is 79.9. The number of aromatic nitrogens is 1. The second-order valence-corrected chi connectivity index (χ2v) is 7.10. The minimum Gasteiger partial charge on any atom is -0.397 e. The highest BCUT2D eigenvalue weighted by Gasteiger charge is 2.28. The molecule has 1 saturated carbocycles. The van der Waals surface area contributed by atoms with Gasteiger partial charge < -0.3 is 15.2 Å². The van der Waals surface area contributed by atoms with E-state index in [4.69, 9.17) is 5.73 Å².